The lowest BCUT2D eigenvalue weighted by Crippen LogP contribution is -2.59. The van der Waals surface area contributed by atoms with Crippen molar-refractivity contribution < 1.29 is 19.1 Å². The maximum Gasteiger partial charge on any atom is 0.256 e. The SMILES string of the molecule is COc1ccc(-c2ccc3c(c2)C(=O)N2CCN(C(C)=O)C[C@@H]2C(=O)N3)cc1. The zero-order valence-corrected chi connectivity index (χ0v) is 15.8. The summed E-state index contributed by atoms with van der Waals surface area (Å²) in [7, 11) is 1.61. The van der Waals surface area contributed by atoms with Gasteiger partial charge >= 0.3 is 0 Å². The third-order valence-corrected chi connectivity index (χ3v) is 5.32. The minimum Gasteiger partial charge on any atom is -0.497 e. The average molecular weight is 379 g/mol. The summed E-state index contributed by atoms with van der Waals surface area (Å²) in [6, 6.07) is 12.3. The molecule has 2 aromatic rings. The Hall–Kier alpha value is -3.35. The van der Waals surface area contributed by atoms with Gasteiger partial charge in [-0.25, -0.2) is 0 Å². The summed E-state index contributed by atoms with van der Waals surface area (Å²) in [5, 5.41) is 2.85. The molecular formula is C21H21N3O4. The molecule has 7 heteroatoms. The van der Waals surface area contributed by atoms with Gasteiger partial charge in [0.15, 0.2) is 0 Å². The second-order valence-electron chi connectivity index (χ2n) is 6.96. The van der Waals surface area contributed by atoms with Gasteiger partial charge in [-0.2, -0.15) is 0 Å². The molecule has 2 aliphatic rings. The van der Waals surface area contributed by atoms with E-state index in [0.29, 0.717) is 24.3 Å². The molecular weight excluding hydrogens is 358 g/mol. The van der Waals surface area contributed by atoms with E-state index >= 15 is 0 Å². The van der Waals surface area contributed by atoms with Crippen molar-refractivity contribution in [3.05, 3.63) is 48.0 Å². The Balaban J connectivity index is 1.69. The highest BCUT2D eigenvalue weighted by Gasteiger charge is 2.39. The summed E-state index contributed by atoms with van der Waals surface area (Å²) in [6.45, 7) is 2.45. The first kappa shape index (κ1) is 18.0. The second-order valence-corrected chi connectivity index (χ2v) is 6.96. The summed E-state index contributed by atoms with van der Waals surface area (Å²) in [4.78, 5) is 40.7. The second kappa shape index (κ2) is 6.99. The minimum absolute atomic E-state index is 0.0940. The number of hydrogen-bond donors (Lipinski definition) is 1. The third-order valence-electron chi connectivity index (χ3n) is 5.32. The molecule has 1 saturated heterocycles. The van der Waals surface area contributed by atoms with Crippen LogP contribution in [0.2, 0.25) is 0 Å². The maximum absolute atomic E-state index is 13.2. The van der Waals surface area contributed by atoms with E-state index in [2.05, 4.69) is 5.32 Å². The van der Waals surface area contributed by atoms with Crippen LogP contribution in [0.3, 0.4) is 0 Å². The number of anilines is 1. The van der Waals surface area contributed by atoms with Crippen molar-refractivity contribution in [1.29, 1.82) is 0 Å². The molecule has 0 bridgehead atoms. The smallest absolute Gasteiger partial charge is 0.256 e. The Labute approximate surface area is 162 Å². The van der Waals surface area contributed by atoms with E-state index in [4.69, 9.17) is 4.74 Å². The molecule has 0 radical (unpaired) electrons. The van der Waals surface area contributed by atoms with Crippen LogP contribution in [0.1, 0.15) is 17.3 Å². The van der Waals surface area contributed by atoms with Crippen LogP contribution in [0.5, 0.6) is 5.75 Å². The summed E-state index contributed by atoms with van der Waals surface area (Å²) in [5.74, 6) is 0.198. The highest BCUT2D eigenvalue weighted by Crippen LogP contribution is 2.30. The lowest BCUT2D eigenvalue weighted by Gasteiger charge is -2.38. The molecule has 1 fully saturated rings. The van der Waals surface area contributed by atoms with Gasteiger partial charge in [0.1, 0.15) is 11.8 Å². The van der Waals surface area contributed by atoms with Crippen LogP contribution in [0.15, 0.2) is 42.5 Å². The van der Waals surface area contributed by atoms with Crippen LogP contribution in [0, 0.1) is 0 Å². The molecule has 4 rings (SSSR count). The lowest BCUT2D eigenvalue weighted by atomic mass is 10.0. The lowest BCUT2D eigenvalue weighted by molar-refractivity contribution is -0.133. The molecule has 3 amide bonds. The van der Waals surface area contributed by atoms with Gasteiger partial charge in [-0.3, -0.25) is 14.4 Å². The van der Waals surface area contributed by atoms with E-state index in [1.807, 2.05) is 30.3 Å². The van der Waals surface area contributed by atoms with Crippen molar-refractivity contribution in [2.24, 2.45) is 0 Å². The monoisotopic (exact) mass is 379 g/mol. The molecule has 7 nitrogen and oxygen atoms in total. The fraction of sp³-hybridized carbons (Fsp3) is 0.286. The predicted octanol–water partition coefficient (Wildman–Crippen LogP) is 1.99. The number of fused-ring (bicyclic) bond motifs is 2. The third kappa shape index (κ3) is 3.09. The molecule has 2 heterocycles. The number of piperazine rings is 1. The van der Waals surface area contributed by atoms with Gasteiger partial charge in [-0.15, -0.1) is 0 Å². The summed E-state index contributed by atoms with van der Waals surface area (Å²) in [5.41, 5.74) is 2.78. The largest absolute Gasteiger partial charge is 0.497 e. The molecule has 0 aromatic heterocycles. The van der Waals surface area contributed by atoms with E-state index in [-0.39, 0.29) is 24.3 Å². The first-order valence-electron chi connectivity index (χ1n) is 9.14. The first-order valence-corrected chi connectivity index (χ1v) is 9.14. The number of ether oxygens (including phenoxy) is 1. The van der Waals surface area contributed by atoms with Crippen molar-refractivity contribution in [3.63, 3.8) is 0 Å². The van der Waals surface area contributed by atoms with Crippen molar-refractivity contribution in [2.75, 3.05) is 32.1 Å². The first-order chi connectivity index (χ1) is 13.5. The Morgan fingerprint density at radius 2 is 1.79 bits per heavy atom. The average Bonchev–Trinajstić information content (AvgIpc) is 2.82. The molecule has 2 aromatic carbocycles. The van der Waals surface area contributed by atoms with Crippen LogP contribution in [-0.4, -0.2) is 60.3 Å². The molecule has 0 spiro atoms. The zero-order valence-electron chi connectivity index (χ0n) is 15.8. The van der Waals surface area contributed by atoms with Crippen LogP contribution >= 0.6 is 0 Å². The van der Waals surface area contributed by atoms with Gasteiger partial charge in [0, 0.05) is 20.0 Å². The summed E-state index contributed by atoms with van der Waals surface area (Å²) >= 11 is 0. The van der Waals surface area contributed by atoms with Gasteiger partial charge in [0.05, 0.1) is 24.9 Å². The van der Waals surface area contributed by atoms with Gasteiger partial charge in [0.25, 0.3) is 5.91 Å². The number of hydrogen-bond acceptors (Lipinski definition) is 4. The minimum atomic E-state index is -0.679. The fourth-order valence-corrected chi connectivity index (χ4v) is 3.70. The standard InChI is InChI=1S/C21H21N3O4/c1-13(25)23-9-10-24-19(12-23)20(26)22-18-8-5-15(11-17(18)21(24)27)14-3-6-16(28-2)7-4-14/h3-8,11,19H,9-10,12H2,1-2H3,(H,22,26)/t19-/m1/s1. The molecule has 28 heavy (non-hydrogen) atoms. The molecule has 144 valence electrons. The Kier molecular flexibility index (Phi) is 4.50. The predicted molar refractivity (Wildman–Crippen MR) is 104 cm³/mol. The number of rotatable bonds is 2. The van der Waals surface area contributed by atoms with Gasteiger partial charge in [0.2, 0.25) is 11.8 Å². The zero-order chi connectivity index (χ0) is 19.8. The number of nitrogens with one attached hydrogen (secondary N) is 1. The van der Waals surface area contributed by atoms with Crippen LogP contribution < -0.4 is 10.1 Å². The normalized spacial score (nSPS) is 18.7. The Morgan fingerprint density at radius 3 is 2.46 bits per heavy atom. The number of benzene rings is 2. The molecule has 1 atom stereocenters. The van der Waals surface area contributed by atoms with E-state index in [9.17, 15) is 14.4 Å². The van der Waals surface area contributed by atoms with E-state index in [1.165, 1.54) is 6.92 Å². The van der Waals surface area contributed by atoms with Crippen LogP contribution in [0.4, 0.5) is 5.69 Å². The van der Waals surface area contributed by atoms with Crippen molar-refractivity contribution >= 4 is 23.4 Å². The van der Waals surface area contributed by atoms with Crippen molar-refractivity contribution in [3.8, 4) is 16.9 Å². The van der Waals surface area contributed by atoms with Crippen LogP contribution in [0.25, 0.3) is 11.1 Å². The molecule has 1 N–H and O–H groups in total. The molecule has 0 saturated carbocycles. The number of carbonyl (C=O) groups excluding carboxylic acids is 3. The number of carbonyl (C=O) groups is 3. The van der Waals surface area contributed by atoms with Gasteiger partial charge in [-0.1, -0.05) is 18.2 Å². The molecule has 0 aliphatic carbocycles. The maximum atomic E-state index is 13.2. The molecule has 2 aliphatic heterocycles. The van der Waals surface area contributed by atoms with E-state index in [0.717, 1.165) is 16.9 Å². The Morgan fingerprint density at radius 1 is 1.07 bits per heavy atom. The van der Waals surface area contributed by atoms with Crippen LogP contribution in [-0.2, 0) is 9.59 Å². The fourth-order valence-electron chi connectivity index (χ4n) is 3.70. The quantitative estimate of drug-likeness (QED) is 0.866. The topological polar surface area (TPSA) is 79.0 Å². The van der Waals surface area contributed by atoms with Gasteiger partial charge < -0.3 is 19.9 Å². The highest BCUT2D eigenvalue weighted by atomic mass is 16.5. The summed E-state index contributed by atoms with van der Waals surface area (Å²) in [6.07, 6.45) is 0. The number of nitrogens with zero attached hydrogens (tertiary/aromatic N) is 2. The van der Waals surface area contributed by atoms with Crippen molar-refractivity contribution in [1.82, 2.24) is 9.80 Å². The Bertz CT molecular complexity index is 955. The van der Waals surface area contributed by atoms with E-state index < -0.39 is 6.04 Å². The van der Waals surface area contributed by atoms with Gasteiger partial charge in [-0.05, 0) is 35.4 Å². The number of methoxy groups -OCH3 is 1. The summed E-state index contributed by atoms with van der Waals surface area (Å²) < 4.78 is 5.19. The van der Waals surface area contributed by atoms with Crippen molar-refractivity contribution in [2.45, 2.75) is 13.0 Å². The van der Waals surface area contributed by atoms with E-state index in [1.54, 1.807) is 29.0 Å². The highest BCUT2D eigenvalue weighted by molar-refractivity contribution is 6.10. The number of amides is 3. The molecule has 0 unspecified atom stereocenters.